The lowest BCUT2D eigenvalue weighted by Crippen LogP contribution is -2.19. The van der Waals surface area contributed by atoms with Crippen molar-refractivity contribution in [1.29, 1.82) is 0 Å². The molecule has 1 atom stereocenters. The van der Waals surface area contributed by atoms with E-state index in [4.69, 9.17) is 0 Å². The van der Waals surface area contributed by atoms with Gasteiger partial charge in [-0.1, -0.05) is 24.3 Å². The van der Waals surface area contributed by atoms with Crippen molar-refractivity contribution in [3.05, 3.63) is 24.3 Å². The molecule has 0 aliphatic heterocycles. The Balaban J connectivity index is 2.62. The first-order chi connectivity index (χ1) is 4.21. The molecule has 0 heterocycles. The fraction of sp³-hybridized carbons (Fsp3) is 0.500. The summed E-state index contributed by atoms with van der Waals surface area (Å²) in [5.41, 5.74) is -0.580. The van der Waals surface area contributed by atoms with Crippen LogP contribution < -0.4 is 0 Å². The van der Waals surface area contributed by atoms with Crippen molar-refractivity contribution in [2.45, 2.75) is 25.4 Å². The first kappa shape index (κ1) is 6.56. The van der Waals surface area contributed by atoms with E-state index in [2.05, 4.69) is 6.08 Å². The first-order valence-corrected chi connectivity index (χ1v) is 3.27. The second-order valence-corrected chi connectivity index (χ2v) is 2.68. The molecule has 1 aliphatic carbocycles. The Kier molecular flexibility index (Phi) is 1.72. The van der Waals surface area contributed by atoms with Gasteiger partial charge in [0.15, 0.2) is 0 Å². The van der Waals surface area contributed by atoms with Crippen LogP contribution in [0.5, 0.6) is 0 Å². The molecule has 0 saturated heterocycles. The van der Waals surface area contributed by atoms with Gasteiger partial charge in [-0.15, -0.1) is 0 Å². The van der Waals surface area contributed by atoms with Crippen LogP contribution in [0.3, 0.4) is 0 Å². The lowest BCUT2D eigenvalue weighted by atomic mass is 10.0. The van der Waals surface area contributed by atoms with Gasteiger partial charge in [0, 0.05) is 0 Å². The van der Waals surface area contributed by atoms with Crippen molar-refractivity contribution in [2.75, 3.05) is 0 Å². The SMILES string of the molecule is CC1(O)C=CC=CCC1. The third-order valence-electron chi connectivity index (χ3n) is 1.52. The fourth-order valence-electron chi connectivity index (χ4n) is 0.897. The third kappa shape index (κ3) is 2.02. The van der Waals surface area contributed by atoms with E-state index in [0.717, 1.165) is 12.8 Å². The zero-order chi connectivity index (χ0) is 6.74. The van der Waals surface area contributed by atoms with E-state index < -0.39 is 5.60 Å². The summed E-state index contributed by atoms with van der Waals surface area (Å²) >= 11 is 0. The van der Waals surface area contributed by atoms with Gasteiger partial charge >= 0.3 is 0 Å². The Labute approximate surface area is 55.7 Å². The molecule has 0 bridgehead atoms. The minimum atomic E-state index is -0.580. The summed E-state index contributed by atoms with van der Waals surface area (Å²) in [4.78, 5) is 0. The second kappa shape index (κ2) is 2.36. The van der Waals surface area contributed by atoms with E-state index >= 15 is 0 Å². The molecule has 0 spiro atoms. The molecule has 0 saturated carbocycles. The van der Waals surface area contributed by atoms with Crippen molar-refractivity contribution in [1.82, 2.24) is 0 Å². The zero-order valence-corrected chi connectivity index (χ0v) is 5.67. The topological polar surface area (TPSA) is 20.2 Å². The molecular formula is C8H12O. The standard InChI is InChI=1S/C8H12O/c1-8(9)6-4-2-3-5-7-8/h2-4,6,9H,5,7H2,1H3. The summed E-state index contributed by atoms with van der Waals surface area (Å²) in [7, 11) is 0. The molecule has 0 fully saturated rings. The molecular weight excluding hydrogens is 112 g/mol. The molecule has 1 aliphatic rings. The molecule has 0 aromatic carbocycles. The van der Waals surface area contributed by atoms with E-state index in [1.165, 1.54) is 0 Å². The smallest absolute Gasteiger partial charge is 0.0805 e. The largest absolute Gasteiger partial charge is 0.386 e. The average Bonchev–Trinajstić information content (AvgIpc) is 1.92. The Morgan fingerprint density at radius 1 is 1.44 bits per heavy atom. The Hall–Kier alpha value is -0.560. The average molecular weight is 124 g/mol. The summed E-state index contributed by atoms with van der Waals surface area (Å²) in [5.74, 6) is 0. The summed E-state index contributed by atoms with van der Waals surface area (Å²) in [6.07, 6.45) is 9.57. The van der Waals surface area contributed by atoms with E-state index in [1.807, 2.05) is 25.2 Å². The summed E-state index contributed by atoms with van der Waals surface area (Å²) in [6, 6.07) is 0. The maximum atomic E-state index is 9.43. The van der Waals surface area contributed by atoms with Gasteiger partial charge in [0.25, 0.3) is 0 Å². The highest BCUT2D eigenvalue weighted by atomic mass is 16.3. The van der Waals surface area contributed by atoms with Crippen LogP contribution in [0.25, 0.3) is 0 Å². The molecule has 50 valence electrons. The molecule has 0 amide bonds. The predicted octanol–water partition coefficient (Wildman–Crippen LogP) is 1.64. The summed E-state index contributed by atoms with van der Waals surface area (Å²) in [5, 5.41) is 9.43. The van der Waals surface area contributed by atoms with Crippen LogP contribution in [0.15, 0.2) is 24.3 Å². The number of hydrogen-bond donors (Lipinski definition) is 1. The van der Waals surface area contributed by atoms with E-state index in [1.54, 1.807) is 0 Å². The molecule has 1 unspecified atom stereocenters. The van der Waals surface area contributed by atoms with E-state index in [0.29, 0.717) is 0 Å². The van der Waals surface area contributed by atoms with Crippen molar-refractivity contribution >= 4 is 0 Å². The van der Waals surface area contributed by atoms with Gasteiger partial charge in [-0.05, 0) is 19.8 Å². The molecule has 1 rings (SSSR count). The van der Waals surface area contributed by atoms with Crippen LogP contribution in [0, 0.1) is 0 Å². The van der Waals surface area contributed by atoms with Gasteiger partial charge in [-0.2, -0.15) is 0 Å². The van der Waals surface area contributed by atoms with Gasteiger partial charge in [0.05, 0.1) is 5.60 Å². The van der Waals surface area contributed by atoms with Crippen LogP contribution in [0.1, 0.15) is 19.8 Å². The van der Waals surface area contributed by atoms with Crippen LogP contribution in [0.2, 0.25) is 0 Å². The fourth-order valence-corrected chi connectivity index (χ4v) is 0.897. The Bertz CT molecular complexity index is 143. The molecule has 0 radical (unpaired) electrons. The van der Waals surface area contributed by atoms with Crippen molar-refractivity contribution in [3.63, 3.8) is 0 Å². The highest BCUT2D eigenvalue weighted by molar-refractivity contribution is 5.12. The monoisotopic (exact) mass is 124 g/mol. The van der Waals surface area contributed by atoms with Gasteiger partial charge in [0.2, 0.25) is 0 Å². The zero-order valence-electron chi connectivity index (χ0n) is 5.67. The van der Waals surface area contributed by atoms with Gasteiger partial charge in [-0.25, -0.2) is 0 Å². The first-order valence-electron chi connectivity index (χ1n) is 3.27. The summed E-state index contributed by atoms with van der Waals surface area (Å²) < 4.78 is 0. The van der Waals surface area contributed by atoms with Crippen LogP contribution >= 0.6 is 0 Å². The minimum Gasteiger partial charge on any atom is -0.386 e. The Morgan fingerprint density at radius 3 is 3.00 bits per heavy atom. The summed E-state index contributed by atoms with van der Waals surface area (Å²) in [6.45, 7) is 1.83. The van der Waals surface area contributed by atoms with Crippen LogP contribution in [-0.2, 0) is 0 Å². The molecule has 1 heteroatoms. The van der Waals surface area contributed by atoms with Gasteiger partial charge in [-0.3, -0.25) is 0 Å². The number of allylic oxidation sites excluding steroid dienone is 3. The highest BCUT2D eigenvalue weighted by Gasteiger charge is 2.14. The Morgan fingerprint density at radius 2 is 2.22 bits per heavy atom. The predicted molar refractivity (Wildman–Crippen MR) is 38.1 cm³/mol. The van der Waals surface area contributed by atoms with Crippen LogP contribution in [0.4, 0.5) is 0 Å². The van der Waals surface area contributed by atoms with Crippen molar-refractivity contribution < 1.29 is 5.11 Å². The quantitative estimate of drug-likeness (QED) is 0.520. The second-order valence-electron chi connectivity index (χ2n) is 2.68. The maximum absolute atomic E-state index is 9.43. The van der Waals surface area contributed by atoms with Crippen molar-refractivity contribution in [2.24, 2.45) is 0 Å². The normalized spacial score (nSPS) is 34.4. The van der Waals surface area contributed by atoms with E-state index in [-0.39, 0.29) is 0 Å². The van der Waals surface area contributed by atoms with Crippen LogP contribution in [-0.4, -0.2) is 10.7 Å². The van der Waals surface area contributed by atoms with Gasteiger partial charge < -0.3 is 5.11 Å². The molecule has 1 N–H and O–H groups in total. The molecule has 1 nitrogen and oxygen atoms in total. The third-order valence-corrected chi connectivity index (χ3v) is 1.52. The number of aliphatic hydroxyl groups is 1. The molecule has 0 aromatic rings. The molecule has 9 heavy (non-hydrogen) atoms. The lowest BCUT2D eigenvalue weighted by Gasteiger charge is -2.15. The number of rotatable bonds is 0. The maximum Gasteiger partial charge on any atom is 0.0805 e. The molecule has 0 aromatic heterocycles. The number of hydrogen-bond acceptors (Lipinski definition) is 1. The van der Waals surface area contributed by atoms with Crippen molar-refractivity contribution in [3.8, 4) is 0 Å². The highest BCUT2D eigenvalue weighted by Crippen LogP contribution is 2.16. The van der Waals surface area contributed by atoms with Gasteiger partial charge in [0.1, 0.15) is 0 Å². The lowest BCUT2D eigenvalue weighted by molar-refractivity contribution is 0.104. The minimum absolute atomic E-state index is 0.580. The van der Waals surface area contributed by atoms with E-state index in [9.17, 15) is 5.11 Å².